The second kappa shape index (κ2) is 19.0. The van der Waals surface area contributed by atoms with Gasteiger partial charge in [-0.05, 0) is 103 Å². The molecule has 0 amide bonds. The maximum absolute atomic E-state index is 9.10. The van der Waals surface area contributed by atoms with Gasteiger partial charge in [0.05, 0.1) is 30.4 Å². The average Bonchev–Trinajstić information content (AvgIpc) is 1.72. The van der Waals surface area contributed by atoms with Crippen molar-refractivity contribution < 1.29 is 53.6 Å². The van der Waals surface area contributed by atoms with Crippen LogP contribution in [0.5, 0.6) is 34.5 Å². The van der Waals surface area contributed by atoms with Crippen LogP contribution in [0.3, 0.4) is 0 Å². The van der Waals surface area contributed by atoms with Gasteiger partial charge in [-0.3, -0.25) is 4.57 Å². The van der Waals surface area contributed by atoms with Crippen molar-refractivity contribution in [3.8, 4) is 85.1 Å². The first-order valence-corrected chi connectivity index (χ1v) is 25.6. The van der Waals surface area contributed by atoms with Crippen LogP contribution in [0, 0.1) is 18.5 Å². The number of nitrogens with zero attached hydrogens (tertiary/aromatic N) is 4. The molecule has 3 aromatic heterocycles. The topological polar surface area (TPSA) is 54.3 Å². The van der Waals surface area contributed by atoms with E-state index >= 15 is 0 Å². The van der Waals surface area contributed by atoms with Crippen molar-refractivity contribution in [1.29, 1.82) is 0 Å². The molecule has 0 atom stereocenters. The number of hydrogen-bond donors (Lipinski definition) is 0. The van der Waals surface area contributed by atoms with E-state index in [2.05, 4.69) is 86.3 Å². The van der Waals surface area contributed by atoms with E-state index in [4.69, 9.17) is 32.9 Å². The molecule has 13 aromatic rings. The van der Waals surface area contributed by atoms with Crippen molar-refractivity contribution in [2.45, 2.75) is 26.2 Å². The third-order valence-corrected chi connectivity index (χ3v) is 14.7. The first-order chi connectivity index (χ1) is 42.4. The van der Waals surface area contributed by atoms with Crippen molar-refractivity contribution >= 4 is 55.9 Å². The summed E-state index contributed by atoms with van der Waals surface area (Å²) in [5, 5.41) is 1.86. The summed E-state index contributed by atoms with van der Waals surface area (Å²) < 4.78 is 113. The van der Waals surface area contributed by atoms with Gasteiger partial charge < -0.3 is 23.3 Å². The van der Waals surface area contributed by atoms with Gasteiger partial charge in [0.25, 0.3) is 13.0 Å². The van der Waals surface area contributed by atoms with Gasteiger partial charge in [0.2, 0.25) is 0 Å². The maximum Gasteiger partial charge on any atom is 0.268 e. The van der Waals surface area contributed by atoms with E-state index in [1.54, 1.807) is 39.5 Å². The van der Waals surface area contributed by atoms with Gasteiger partial charge >= 0.3 is 0 Å². The Bertz CT molecular complexity index is 5020. The second-order valence-electron chi connectivity index (χ2n) is 20.3. The van der Waals surface area contributed by atoms with Gasteiger partial charge in [0, 0.05) is 55.3 Å². The SMILES string of the molecule is [2H]c1c([2H])c([2H])c(-c2cccc(-c3c([2H])c([2H])c([2H])c([2H])c3[2H])c2-[n+]2[c-]n(-c3[c-]c(Oc4[c-]c5c(cc4)c4cc(-c6ccc7c8c6Oc6ccccc6B8c6ccccc6O7)ccc4n5-c4cc(C(C)(C)C)ccn4)ccc3)c3ccccc32)c([2H])c1[2H].[Pt]. The Kier molecular flexibility index (Phi) is 9.25. The van der Waals surface area contributed by atoms with Crippen LogP contribution in [-0.4, -0.2) is 20.8 Å². The van der Waals surface area contributed by atoms with Crippen molar-refractivity contribution in [3.05, 3.63) is 254 Å². The minimum absolute atomic E-state index is 0. The molecule has 10 aromatic carbocycles. The molecule has 380 valence electrons. The van der Waals surface area contributed by atoms with Crippen LogP contribution in [0.25, 0.3) is 83.4 Å². The van der Waals surface area contributed by atoms with Crippen molar-refractivity contribution in [2.24, 2.45) is 0 Å². The van der Waals surface area contributed by atoms with Crippen LogP contribution in [-0.2, 0) is 26.5 Å². The Morgan fingerprint density at radius 1 is 0.582 bits per heavy atom. The molecule has 0 radical (unpaired) electrons. The number of rotatable bonds is 8. The normalized spacial score (nSPS) is 14.1. The van der Waals surface area contributed by atoms with E-state index in [1.165, 1.54) is 0 Å². The number of para-hydroxylation sites is 5. The van der Waals surface area contributed by atoms with Crippen LogP contribution in [0.15, 0.2) is 230 Å². The van der Waals surface area contributed by atoms with E-state index in [9.17, 15) is 0 Å². The van der Waals surface area contributed by atoms with Gasteiger partial charge in [0.15, 0.2) is 0 Å². The molecular weight excluding hydrogens is 1150 g/mol. The van der Waals surface area contributed by atoms with Gasteiger partial charge in [0.1, 0.15) is 28.8 Å². The number of aromatic nitrogens is 4. The van der Waals surface area contributed by atoms with Gasteiger partial charge in [-0.1, -0.05) is 178 Å². The second-order valence-corrected chi connectivity index (χ2v) is 20.3. The molecule has 0 saturated heterocycles. The van der Waals surface area contributed by atoms with E-state index in [-0.39, 0.29) is 61.1 Å². The molecule has 5 heterocycles. The van der Waals surface area contributed by atoms with Crippen molar-refractivity contribution in [3.63, 3.8) is 0 Å². The van der Waals surface area contributed by atoms with Gasteiger partial charge in [-0.2, -0.15) is 18.2 Å². The maximum atomic E-state index is 9.10. The van der Waals surface area contributed by atoms with Crippen molar-refractivity contribution in [1.82, 2.24) is 14.1 Å². The Balaban J connectivity index is 0.00000694. The smallest absolute Gasteiger partial charge is 0.268 e. The van der Waals surface area contributed by atoms with E-state index in [0.29, 0.717) is 34.0 Å². The first kappa shape index (κ1) is 38.3. The number of fused-ring (bicyclic) bond motifs is 8. The Hall–Kier alpha value is -9.23. The number of pyridine rings is 1. The molecule has 0 saturated carbocycles. The third-order valence-electron chi connectivity index (χ3n) is 14.7. The number of ether oxygens (including phenoxy) is 3. The summed E-state index contributed by atoms with van der Waals surface area (Å²) in [6.07, 6.45) is 5.27. The largest absolute Gasteiger partial charge is 0.510 e. The van der Waals surface area contributed by atoms with Crippen LogP contribution >= 0.6 is 0 Å². The zero-order valence-electron chi connectivity index (χ0n) is 52.6. The Labute approximate surface area is 487 Å². The quantitative estimate of drug-likeness (QED) is 0.0864. The van der Waals surface area contributed by atoms with Gasteiger partial charge in [-0.15, -0.1) is 29.7 Å². The summed E-state index contributed by atoms with van der Waals surface area (Å²) in [7, 11) is 0. The minimum atomic E-state index is -0.581. The van der Waals surface area contributed by atoms with E-state index in [1.807, 2.05) is 97.2 Å². The number of imidazole rings is 1. The summed E-state index contributed by atoms with van der Waals surface area (Å²) in [4.78, 5) is 4.97. The molecule has 2 aliphatic rings. The molecule has 0 aliphatic carbocycles. The molecule has 0 spiro atoms. The number of hydrogen-bond acceptors (Lipinski definition) is 4. The summed E-state index contributed by atoms with van der Waals surface area (Å²) >= 11 is 0. The standard InChI is InChI=1S/C70H47BN4O3.Pt/c1-70(2,3)48-38-39-72-66(41-48)75-59-36-32-47(54-35-37-65-67-69(54)78-64-31-15-11-27-58(64)71(67)57-26-10-14-30-63(57)77-65)40-56(59)55-34-33-51(43-62(55)75)76-50-23-16-22-49(42-50)73-44-74(61-29-13-12-28-60(61)73)68-52(45-18-6-4-7-19-45)24-17-25-53(68)46-20-8-5-9-21-46;/h4-41H,1-3H3;/q-2;/i4D,5D,6D,7D,8D,9D,18D,19D,20D,21D;. The fraction of sp³-hybridized carbons (Fsp3) is 0.0571. The molecule has 7 nitrogen and oxygen atoms in total. The molecular formula is C70H47BN4O3Pt-2. The summed E-state index contributed by atoms with van der Waals surface area (Å²) in [6.45, 7) is 6.43. The first-order valence-electron chi connectivity index (χ1n) is 30.6. The minimum Gasteiger partial charge on any atom is -0.510 e. The predicted molar refractivity (Wildman–Crippen MR) is 313 cm³/mol. The molecule has 9 heteroatoms. The van der Waals surface area contributed by atoms with Crippen LogP contribution in [0.2, 0.25) is 0 Å². The van der Waals surface area contributed by atoms with Crippen LogP contribution < -0.4 is 35.2 Å². The third kappa shape index (κ3) is 8.08. The van der Waals surface area contributed by atoms with Crippen LogP contribution in [0.4, 0.5) is 0 Å². The fourth-order valence-electron chi connectivity index (χ4n) is 11.1. The number of benzene rings is 10. The Morgan fingerprint density at radius 3 is 2.01 bits per heavy atom. The Morgan fingerprint density at radius 2 is 1.27 bits per heavy atom. The molecule has 0 N–H and O–H groups in total. The zero-order chi connectivity index (χ0) is 60.8. The molecule has 79 heavy (non-hydrogen) atoms. The van der Waals surface area contributed by atoms with Crippen molar-refractivity contribution in [2.75, 3.05) is 0 Å². The molecule has 0 unspecified atom stereocenters. The molecule has 2 aliphatic heterocycles. The summed E-state index contributed by atoms with van der Waals surface area (Å²) in [5.74, 6) is 4.55. The van der Waals surface area contributed by atoms with E-state index in [0.717, 1.165) is 77.9 Å². The molecule has 15 rings (SSSR count). The molecule has 0 bridgehead atoms. The average molecular weight is 1210 g/mol. The summed E-state index contributed by atoms with van der Waals surface area (Å²) in [6, 6.07) is 54.2. The zero-order valence-corrected chi connectivity index (χ0v) is 44.8. The monoisotopic (exact) mass is 1210 g/mol. The van der Waals surface area contributed by atoms with Gasteiger partial charge in [-0.25, -0.2) is 4.98 Å². The fourth-order valence-corrected chi connectivity index (χ4v) is 11.1. The van der Waals surface area contributed by atoms with E-state index < -0.39 is 60.4 Å². The van der Waals surface area contributed by atoms with Crippen LogP contribution in [0.1, 0.15) is 40.0 Å². The summed E-state index contributed by atoms with van der Waals surface area (Å²) in [5.41, 5.74) is 9.25. The predicted octanol–water partition coefficient (Wildman–Crippen LogP) is 14.6. The molecule has 0 fully saturated rings.